The number of carbonyl (C=O) groups excluding carboxylic acids is 1. The Morgan fingerprint density at radius 1 is 0.774 bits per heavy atom. The first-order chi connectivity index (χ1) is 15.2. The van der Waals surface area contributed by atoms with E-state index < -0.39 is 0 Å². The van der Waals surface area contributed by atoms with E-state index in [9.17, 15) is 9.59 Å². The molecule has 0 aliphatic heterocycles. The number of aromatic nitrogens is 4. The van der Waals surface area contributed by atoms with E-state index in [-0.39, 0.29) is 17.2 Å². The van der Waals surface area contributed by atoms with Crippen molar-refractivity contribution in [1.82, 2.24) is 24.6 Å². The summed E-state index contributed by atoms with van der Waals surface area (Å²) in [5.41, 5.74) is 2.75. The quantitative estimate of drug-likeness (QED) is 0.467. The minimum Gasteiger partial charge on any atom is -0.329 e. The molecule has 0 fully saturated rings. The molecule has 0 saturated carbocycles. The van der Waals surface area contributed by atoms with Gasteiger partial charge in [-0.25, -0.2) is 4.68 Å². The van der Waals surface area contributed by atoms with Crippen molar-refractivity contribution < 1.29 is 4.79 Å². The lowest BCUT2D eigenvalue weighted by molar-refractivity contribution is 0.0721. The van der Waals surface area contributed by atoms with Gasteiger partial charge >= 0.3 is 0 Å². The van der Waals surface area contributed by atoms with Crippen molar-refractivity contribution in [2.75, 3.05) is 0 Å². The van der Waals surface area contributed by atoms with Gasteiger partial charge in [0.2, 0.25) is 0 Å². The Labute approximate surface area is 179 Å². The highest BCUT2D eigenvalue weighted by molar-refractivity contribution is 5.92. The first kappa shape index (κ1) is 20.2. The van der Waals surface area contributed by atoms with Crippen LogP contribution in [0.3, 0.4) is 0 Å². The number of amides is 1. The Morgan fingerprint density at radius 3 is 2.26 bits per heavy atom. The summed E-state index contributed by atoms with van der Waals surface area (Å²) in [6, 6.07) is 19.9. The second-order valence-electron chi connectivity index (χ2n) is 7.08. The molecule has 1 amide bonds. The Morgan fingerprint density at radius 2 is 1.52 bits per heavy atom. The minimum absolute atomic E-state index is 0.216. The van der Waals surface area contributed by atoms with Gasteiger partial charge < -0.3 is 4.90 Å². The highest BCUT2D eigenvalue weighted by Crippen LogP contribution is 2.12. The van der Waals surface area contributed by atoms with Crippen LogP contribution in [0.4, 0.5) is 0 Å². The van der Waals surface area contributed by atoms with Gasteiger partial charge in [0.05, 0.1) is 6.54 Å². The zero-order valence-corrected chi connectivity index (χ0v) is 16.8. The first-order valence-corrected chi connectivity index (χ1v) is 9.88. The topological polar surface area (TPSA) is 81.0 Å². The van der Waals surface area contributed by atoms with Crippen LogP contribution < -0.4 is 5.56 Å². The largest absolute Gasteiger partial charge is 0.329 e. The van der Waals surface area contributed by atoms with Crippen LogP contribution in [0, 0.1) is 0 Å². The molecule has 0 radical (unpaired) electrons. The van der Waals surface area contributed by atoms with E-state index in [0.717, 1.165) is 16.7 Å². The van der Waals surface area contributed by atoms with E-state index in [0.29, 0.717) is 19.6 Å². The fraction of sp³-hybridized carbons (Fsp3) is 0.125. The summed E-state index contributed by atoms with van der Waals surface area (Å²) in [5, 5.41) is 4.36. The van der Waals surface area contributed by atoms with Crippen molar-refractivity contribution in [2.45, 2.75) is 19.6 Å². The third-order valence-corrected chi connectivity index (χ3v) is 4.77. The standard InChI is InChI=1S/C24H21N5O2/c30-23-9-8-22(27-29(23)18-19-5-2-1-3-6-19)24(31)28(16-20-10-13-25-14-11-20)17-21-7-4-12-26-15-21/h1-15H,16-18H2. The van der Waals surface area contributed by atoms with Crippen LogP contribution in [-0.2, 0) is 19.6 Å². The number of carbonyl (C=O) groups is 1. The van der Waals surface area contributed by atoms with E-state index in [4.69, 9.17) is 0 Å². The van der Waals surface area contributed by atoms with Crippen LogP contribution in [0.1, 0.15) is 27.2 Å². The Hall–Kier alpha value is -4.13. The number of pyridine rings is 2. The lowest BCUT2D eigenvalue weighted by atomic mass is 10.2. The molecule has 0 aliphatic rings. The summed E-state index contributed by atoms with van der Waals surface area (Å²) < 4.78 is 1.32. The predicted octanol–water partition coefficient (Wildman–Crippen LogP) is 2.92. The Bertz CT molecular complexity index is 1150. The van der Waals surface area contributed by atoms with E-state index >= 15 is 0 Å². The molecular weight excluding hydrogens is 390 g/mol. The highest BCUT2D eigenvalue weighted by atomic mass is 16.2. The van der Waals surface area contributed by atoms with E-state index in [1.165, 1.54) is 16.8 Å². The molecule has 0 bridgehead atoms. The molecule has 31 heavy (non-hydrogen) atoms. The molecular formula is C24H21N5O2. The average Bonchev–Trinajstić information content (AvgIpc) is 2.82. The second-order valence-corrected chi connectivity index (χ2v) is 7.08. The van der Waals surface area contributed by atoms with Crippen molar-refractivity contribution in [3.63, 3.8) is 0 Å². The average molecular weight is 411 g/mol. The monoisotopic (exact) mass is 411 g/mol. The maximum Gasteiger partial charge on any atom is 0.274 e. The zero-order chi connectivity index (χ0) is 21.5. The van der Waals surface area contributed by atoms with Crippen LogP contribution in [0.5, 0.6) is 0 Å². The normalized spacial score (nSPS) is 10.6. The maximum absolute atomic E-state index is 13.4. The maximum atomic E-state index is 13.4. The molecule has 0 unspecified atom stereocenters. The molecule has 7 heteroatoms. The van der Waals surface area contributed by atoms with Crippen molar-refractivity contribution >= 4 is 5.91 Å². The summed E-state index contributed by atoms with van der Waals surface area (Å²) in [7, 11) is 0. The van der Waals surface area contributed by atoms with Crippen LogP contribution in [0.2, 0.25) is 0 Å². The van der Waals surface area contributed by atoms with Crippen molar-refractivity contribution in [1.29, 1.82) is 0 Å². The van der Waals surface area contributed by atoms with Crippen LogP contribution in [-0.4, -0.2) is 30.6 Å². The Balaban J connectivity index is 1.62. The summed E-state index contributed by atoms with van der Waals surface area (Å²) in [4.78, 5) is 35.6. The van der Waals surface area contributed by atoms with Crippen LogP contribution in [0.15, 0.2) is 96.3 Å². The Kier molecular flexibility index (Phi) is 6.23. The predicted molar refractivity (Wildman–Crippen MR) is 116 cm³/mol. The van der Waals surface area contributed by atoms with E-state index in [1.54, 1.807) is 29.7 Å². The number of rotatable bonds is 7. The van der Waals surface area contributed by atoms with Gasteiger partial charge in [0.15, 0.2) is 0 Å². The first-order valence-electron chi connectivity index (χ1n) is 9.88. The third kappa shape index (κ3) is 5.27. The lowest BCUT2D eigenvalue weighted by Crippen LogP contribution is -2.33. The molecule has 0 spiro atoms. The van der Waals surface area contributed by atoms with Gasteiger partial charge in [-0.3, -0.25) is 19.6 Å². The second kappa shape index (κ2) is 9.58. The molecule has 4 aromatic rings. The molecule has 1 aromatic carbocycles. The fourth-order valence-electron chi connectivity index (χ4n) is 3.21. The van der Waals surface area contributed by atoms with Gasteiger partial charge in [0.25, 0.3) is 11.5 Å². The van der Waals surface area contributed by atoms with Crippen LogP contribution in [0.25, 0.3) is 0 Å². The van der Waals surface area contributed by atoms with Crippen molar-refractivity contribution in [2.24, 2.45) is 0 Å². The number of nitrogens with zero attached hydrogens (tertiary/aromatic N) is 5. The van der Waals surface area contributed by atoms with Gasteiger partial charge in [-0.2, -0.15) is 5.10 Å². The number of benzene rings is 1. The summed E-state index contributed by atoms with van der Waals surface area (Å²) in [6.45, 7) is 1.05. The van der Waals surface area contributed by atoms with Crippen molar-refractivity contribution in [3.8, 4) is 0 Å². The molecule has 3 heterocycles. The molecule has 0 saturated heterocycles. The third-order valence-electron chi connectivity index (χ3n) is 4.77. The van der Waals surface area contributed by atoms with Gasteiger partial charge in [-0.05, 0) is 41.0 Å². The molecule has 3 aromatic heterocycles. The van der Waals surface area contributed by atoms with Gasteiger partial charge in [0, 0.05) is 43.9 Å². The molecule has 154 valence electrons. The summed E-state index contributed by atoms with van der Waals surface area (Å²) in [6.07, 6.45) is 6.82. The summed E-state index contributed by atoms with van der Waals surface area (Å²) in [5.74, 6) is -0.262. The summed E-state index contributed by atoms with van der Waals surface area (Å²) >= 11 is 0. The minimum atomic E-state index is -0.262. The smallest absolute Gasteiger partial charge is 0.274 e. The number of hydrogen-bond acceptors (Lipinski definition) is 5. The fourth-order valence-corrected chi connectivity index (χ4v) is 3.21. The molecule has 0 N–H and O–H groups in total. The molecule has 0 atom stereocenters. The lowest BCUT2D eigenvalue weighted by Gasteiger charge is -2.22. The number of hydrogen-bond donors (Lipinski definition) is 0. The molecule has 7 nitrogen and oxygen atoms in total. The molecule has 4 rings (SSSR count). The molecule has 0 aliphatic carbocycles. The van der Waals surface area contributed by atoms with Crippen LogP contribution >= 0.6 is 0 Å². The van der Waals surface area contributed by atoms with Gasteiger partial charge in [-0.1, -0.05) is 36.4 Å². The zero-order valence-electron chi connectivity index (χ0n) is 16.8. The highest BCUT2D eigenvalue weighted by Gasteiger charge is 2.19. The van der Waals surface area contributed by atoms with Gasteiger partial charge in [0.1, 0.15) is 5.69 Å². The van der Waals surface area contributed by atoms with E-state index in [2.05, 4.69) is 15.1 Å². The van der Waals surface area contributed by atoms with Gasteiger partial charge in [-0.15, -0.1) is 0 Å². The van der Waals surface area contributed by atoms with Crippen molar-refractivity contribution in [3.05, 3.63) is 124 Å². The SMILES string of the molecule is O=C(c1ccc(=O)n(Cc2ccccc2)n1)N(Cc1ccncc1)Cc1cccnc1. The van der Waals surface area contributed by atoms with E-state index in [1.807, 2.05) is 54.6 Å².